The number of benzene rings is 2. The number of nitriles is 1. The van der Waals surface area contributed by atoms with Gasteiger partial charge in [-0.15, -0.1) is 0 Å². The Morgan fingerprint density at radius 3 is 2.00 bits per heavy atom. The number of nitrogens with zero attached hydrogens (tertiary/aromatic N) is 2. The first kappa shape index (κ1) is 41.5. The number of amides is 3. The third-order valence-electron chi connectivity index (χ3n) is 7.10. The molecule has 16 nitrogen and oxygen atoms in total. The summed E-state index contributed by atoms with van der Waals surface area (Å²) >= 11 is 0. The van der Waals surface area contributed by atoms with Crippen LogP contribution in [-0.2, 0) is 30.4 Å². The Morgan fingerprint density at radius 1 is 0.843 bits per heavy atom. The summed E-state index contributed by atoms with van der Waals surface area (Å²) in [4.78, 5) is 66.3. The molecule has 0 aliphatic carbocycles. The first-order chi connectivity index (χ1) is 23.9. The summed E-state index contributed by atoms with van der Waals surface area (Å²) in [6.07, 6.45) is 2.01. The van der Waals surface area contributed by atoms with Gasteiger partial charge < -0.3 is 41.9 Å². The van der Waals surface area contributed by atoms with Crippen LogP contribution >= 0.6 is 0 Å². The molecule has 3 unspecified atom stereocenters. The zero-order valence-corrected chi connectivity index (χ0v) is 29.4. The quantitative estimate of drug-likeness (QED) is 0.0270. The SMILES string of the molecule is CC(C)CC(NC(=O)Cc1ccc(N=C(NC#N)Nc2ccc(O)cc2)cc1)C(=O)NC(CCNCC(NC(=O)CC(C)(C)C)C(=O)O)C(=O)O. The molecular formula is C35H48N8O8. The van der Waals surface area contributed by atoms with Crippen molar-refractivity contribution in [2.75, 3.05) is 18.4 Å². The summed E-state index contributed by atoms with van der Waals surface area (Å²) in [6.45, 7) is 9.13. The summed E-state index contributed by atoms with van der Waals surface area (Å²) < 4.78 is 0. The Hall–Kier alpha value is -5.69. The lowest BCUT2D eigenvalue weighted by Crippen LogP contribution is -2.53. The van der Waals surface area contributed by atoms with Gasteiger partial charge in [-0.2, -0.15) is 5.26 Å². The third-order valence-corrected chi connectivity index (χ3v) is 7.10. The molecule has 0 aromatic heterocycles. The molecule has 0 aliphatic rings. The van der Waals surface area contributed by atoms with Gasteiger partial charge >= 0.3 is 11.9 Å². The van der Waals surface area contributed by atoms with E-state index in [2.05, 4.69) is 36.9 Å². The van der Waals surface area contributed by atoms with Crippen LogP contribution in [0.2, 0.25) is 0 Å². The molecular weight excluding hydrogens is 660 g/mol. The number of hydrogen-bond donors (Lipinski definition) is 9. The van der Waals surface area contributed by atoms with Crippen molar-refractivity contribution in [3.63, 3.8) is 0 Å². The van der Waals surface area contributed by atoms with Crippen molar-refractivity contribution in [1.82, 2.24) is 26.6 Å². The van der Waals surface area contributed by atoms with Crippen LogP contribution in [0, 0.1) is 22.8 Å². The minimum Gasteiger partial charge on any atom is -0.508 e. The number of anilines is 1. The van der Waals surface area contributed by atoms with Crippen LogP contribution in [0.15, 0.2) is 53.5 Å². The molecule has 2 aromatic carbocycles. The van der Waals surface area contributed by atoms with Gasteiger partial charge in [0.25, 0.3) is 0 Å². The number of nitrogens with one attached hydrogen (secondary N) is 6. The van der Waals surface area contributed by atoms with Crippen LogP contribution in [0.3, 0.4) is 0 Å². The number of aliphatic imine (C=N–C) groups is 1. The molecule has 3 atom stereocenters. The lowest BCUT2D eigenvalue weighted by molar-refractivity contribution is -0.143. The normalized spacial score (nSPS) is 13.2. The molecule has 0 radical (unpaired) electrons. The number of carbonyl (C=O) groups is 5. The van der Waals surface area contributed by atoms with Crippen molar-refractivity contribution in [3.05, 3.63) is 54.1 Å². The highest BCUT2D eigenvalue weighted by molar-refractivity contribution is 5.96. The smallest absolute Gasteiger partial charge is 0.327 e. The van der Waals surface area contributed by atoms with Crippen molar-refractivity contribution in [1.29, 1.82) is 5.26 Å². The highest BCUT2D eigenvalue weighted by atomic mass is 16.4. The number of aromatic hydroxyl groups is 1. The zero-order chi connectivity index (χ0) is 38.1. The standard InChI is InChI=1S/C35H48N8O8/c1-21(2)16-27(31(47)43-26(32(48)49)14-15-37-19-28(33(50)51)42-30(46)18-35(3,4)5)41-29(45)17-22-6-8-23(9-7-22)39-34(38-20-36)40-24-10-12-25(44)13-11-24/h6-13,21,26-28,37,44H,14-19H2,1-5H3,(H,41,45)(H,42,46)(H,43,47)(H,48,49)(H,50,51)(H2,38,39,40). The Bertz CT molecular complexity index is 1560. The van der Waals surface area contributed by atoms with Crippen molar-refractivity contribution in [2.24, 2.45) is 16.3 Å². The van der Waals surface area contributed by atoms with Crippen molar-refractivity contribution in [3.8, 4) is 11.9 Å². The summed E-state index contributed by atoms with van der Waals surface area (Å²) in [5.41, 5.74) is 1.33. The fourth-order valence-corrected chi connectivity index (χ4v) is 4.72. The van der Waals surface area contributed by atoms with E-state index in [1.54, 1.807) is 42.6 Å². The Kier molecular flexibility index (Phi) is 16.3. The van der Waals surface area contributed by atoms with E-state index < -0.39 is 47.8 Å². The van der Waals surface area contributed by atoms with Crippen LogP contribution < -0.4 is 31.9 Å². The fraction of sp³-hybridized carbons (Fsp3) is 0.457. The van der Waals surface area contributed by atoms with Gasteiger partial charge in [-0.05, 0) is 72.7 Å². The van der Waals surface area contributed by atoms with Crippen LogP contribution in [0.25, 0.3) is 0 Å². The van der Waals surface area contributed by atoms with E-state index in [-0.39, 0.29) is 61.8 Å². The molecule has 16 heteroatoms. The van der Waals surface area contributed by atoms with E-state index in [1.165, 1.54) is 12.1 Å². The van der Waals surface area contributed by atoms with Gasteiger partial charge in [0.2, 0.25) is 23.7 Å². The van der Waals surface area contributed by atoms with Crippen molar-refractivity contribution >= 4 is 47.0 Å². The van der Waals surface area contributed by atoms with Crippen molar-refractivity contribution in [2.45, 2.75) is 78.4 Å². The van der Waals surface area contributed by atoms with Gasteiger partial charge in [-0.3, -0.25) is 19.7 Å². The first-order valence-corrected chi connectivity index (χ1v) is 16.4. The molecule has 2 aromatic rings. The zero-order valence-electron chi connectivity index (χ0n) is 29.4. The Labute approximate surface area is 297 Å². The van der Waals surface area contributed by atoms with E-state index in [4.69, 9.17) is 5.26 Å². The highest BCUT2D eigenvalue weighted by Crippen LogP contribution is 2.18. The van der Waals surface area contributed by atoms with Crippen LogP contribution in [-0.4, -0.2) is 82.2 Å². The molecule has 9 N–H and O–H groups in total. The van der Waals surface area contributed by atoms with E-state index in [1.807, 2.05) is 34.6 Å². The monoisotopic (exact) mass is 708 g/mol. The molecule has 0 fully saturated rings. The van der Waals surface area contributed by atoms with E-state index in [0.29, 0.717) is 16.9 Å². The topological polar surface area (TPSA) is 254 Å². The lowest BCUT2D eigenvalue weighted by Gasteiger charge is -2.23. The molecule has 3 amide bonds. The average Bonchev–Trinajstić information content (AvgIpc) is 3.02. The molecule has 0 spiro atoms. The van der Waals surface area contributed by atoms with Gasteiger partial charge in [-0.1, -0.05) is 46.8 Å². The van der Waals surface area contributed by atoms with E-state index in [0.717, 1.165) is 0 Å². The molecule has 0 bridgehead atoms. The summed E-state index contributed by atoms with van der Waals surface area (Å²) in [7, 11) is 0. The predicted molar refractivity (Wildman–Crippen MR) is 190 cm³/mol. The second kappa shape index (κ2) is 20.1. The number of carboxylic acids is 2. The predicted octanol–water partition coefficient (Wildman–Crippen LogP) is 2.19. The number of phenolic OH excluding ortho intramolecular Hbond substituents is 1. The molecule has 51 heavy (non-hydrogen) atoms. The number of carboxylic acid groups (broad SMARTS) is 2. The largest absolute Gasteiger partial charge is 0.508 e. The molecule has 276 valence electrons. The van der Waals surface area contributed by atoms with Gasteiger partial charge in [0, 0.05) is 18.7 Å². The minimum absolute atomic E-state index is 0.0176. The van der Waals surface area contributed by atoms with Gasteiger partial charge in [0.15, 0.2) is 6.19 Å². The first-order valence-electron chi connectivity index (χ1n) is 16.4. The maximum absolute atomic E-state index is 13.2. The van der Waals surface area contributed by atoms with Crippen LogP contribution in [0.1, 0.15) is 59.4 Å². The van der Waals surface area contributed by atoms with Gasteiger partial charge in [0.1, 0.15) is 23.9 Å². The highest BCUT2D eigenvalue weighted by Gasteiger charge is 2.28. The average molecular weight is 709 g/mol. The molecule has 0 saturated carbocycles. The number of carbonyl (C=O) groups excluding carboxylic acids is 3. The number of rotatable bonds is 18. The maximum Gasteiger partial charge on any atom is 0.327 e. The second-order valence-corrected chi connectivity index (χ2v) is 13.5. The number of hydrogen-bond acceptors (Lipinski definition) is 9. The van der Waals surface area contributed by atoms with Crippen LogP contribution in [0.5, 0.6) is 5.75 Å². The molecule has 0 saturated heterocycles. The number of aliphatic carboxylic acids is 2. The summed E-state index contributed by atoms with van der Waals surface area (Å²) in [5, 5.41) is 53.6. The van der Waals surface area contributed by atoms with Crippen LogP contribution in [0.4, 0.5) is 11.4 Å². The number of phenols is 1. The molecule has 0 heterocycles. The van der Waals surface area contributed by atoms with Gasteiger partial charge in [-0.25, -0.2) is 14.6 Å². The molecule has 2 rings (SSSR count). The lowest BCUT2D eigenvalue weighted by atomic mass is 9.92. The molecule has 0 aliphatic heterocycles. The Balaban J connectivity index is 1.98. The van der Waals surface area contributed by atoms with E-state index >= 15 is 0 Å². The summed E-state index contributed by atoms with van der Waals surface area (Å²) in [6, 6.07) is 9.21. The maximum atomic E-state index is 13.2. The summed E-state index contributed by atoms with van der Waals surface area (Å²) in [5.74, 6) is -3.90. The van der Waals surface area contributed by atoms with E-state index in [9.17, 15) is 39.3 Å². The van der Waals surface area contributed by atoms with Crippen molar-refractivity contribution < 1.29 is 39.3 Å². The minimum atomic E-state index is -1.33. The second-order valence-electron chi connectivity index (χ2n) is 13.5. The third kappa shape index (κ3) is 16.5. The number of guanidine groups is 1. The Morgan fingerprint density at radius 2 is 1.45 bits per heavy atom. The van der Waals surface area contributed by atoms with Gasteiger partial charge in [0.05, 0.1) is 12.1 Å². The fourth-order valence-electron chi connectivity index (χ4n) is 4.72.